The fourth-order valence-corrected chi connectivity index (χ4v) is 3.32. The van der Waals surface area contributed by atoms with Crippen LogP contribution in [0.5, 0.6) is 0 Å². The molecule has 1 aromatic carbocycles. The molecule has 2 heterocycles. The second-order valence-corrected chi connectivity index (χ2v) is 5.86. The van der Waals surface area contributed by atoms with Gasteiger partial charge in [-0.15, -0.1) is 0 Å². The fourth-order valence-electron chi connectivity index (χ4n) is 3.32. The molecule has 5 heteroatoms. The number of amides is 1. The van der Waals surface area contributed by atoms with Crippen LogP contribution in [-0.2, 0) is 6.42 Å². The van der Waals surface area contributed by atoms with Gasteiger partial charge in [-0.3, -0.25) is 9.78 Å². The van der Waals surface area contributed by atoms with E-state index in [9.17, 15) is 9.18 Å². The highest BCUT2D eigenvalue weighted by Gasteiger charge is 2.26. The minimum Gasteiger partial charge on any atom is -0.356 e. The normalized spacial score (nSPS) is 17.0. The number of nitrogens with one attached hydrogen (secondary N) is 2. The lowest BCUT2D eigenvalue weighted by atomic mass is 9.91. The van der Waals surface area contributed by atoms with Crippen molar-refractivity contribution in [2.24, 2.45) is 0 Å². The van der Waals surface area contributed by atoms with Crippen LogP contribution < -0.4 is 5.32 Å². The zero-order chi connectivity index (χ0) is 15.8. The topological polar surface area (TPSA) is 57.8 Å². The number of aromatic nitrogens is 2. The molecule has 1 atom stereocenters. The van der Waals surface area contributed by atoms with Crippen LogP contribution in [0.15, 0.2) is 42.7 Å². The van der Waals surface area contributed by atoms with Gasteiger partial charge in [0, 0.05) is 34.6 Å². The summed E-state index contributed by atoms with van der Waals surface area (Å²) in [5.41, 5.74) is 3.63. The van der Waals surface area contributed by atoms with Crippen molar-refractivity contribution in [1.82, 2.24) is 15.3 Å². The summed E-state index contributed by atoms with van der Waals surface area (Å²) in [4.78, 5) is 19.7. The van der Waals surface area contributed by atoms with Crippen molar-refractivity contribution in [3.05, 3.63) is 65.4 Å². The maximum Gasteiger partial charge on any atom is 0.251 e. The first-order chi connectivity index (χ1) is 11.2. The number of aryl methyl sites for hydroxylation is 1. The Morgan fingerprint density at radius 1 is 1.26 bits per heavy atom. The summed E-state index contributed by atoms with van der Waals surface area (Å²) in [6.45, 7) is 0. The van der Waals surface area contributed by atoms with E-state index in [4.69, 9.17) is 0 Å². The third kappa shape index (κ3) is 2.48. The predicted octanol–water partition coefficient (Wildman–Crippen LogP) is 3.51. The Balaban J connectivity index is 1.68. The van der Waals surface area contributed by atoms with Gasteiger partial charge in [0.1, 0.15) is 5.82 Å². The van der Waals surface area contributed by atoms with Gasteiger partial charge in [-0.1, -0.05) is 0 Å². The molecule has 0 unspecified atom stereocenters. The summed E-state index contributed by atoms with van der Waals surface area (Å²) in [7, 11) is 0. The molecule has 0 saturated carbocycles. The second kappa shape index (κ2) is 5.50. The third-order valence-electron chi connectivity index (χ3n) is 4.42. The summed E-state index contributed by atoms with van der Waals surface area (Å²) in [6, 6.07) is 8.09. The second-order valence-electron chi connectivity index (χ2n) is 5.86. The Bertz CT molecular complexity index is 873. The molecule has 0 spiro atoms. The SMILES string of the molecule is O=C(N[C@H]1CCCc2c1[nH]c1ccc(F)cc21)c1ccncc1. The van der Waals surface area contributed by atoms with Crippen LogP contribution in [0.2, 0.25) is 0 Å². The number of benzene rings is 1. The van der Waals surface area contributed by atoms with E-state index in [1.54, 1.807) is 36.7 Å². The van der Waals surface area contributed by atoms with Gasteiger partial charge < -0.3 is 10.3 Å². The van der Waals surface area contributed by atoms with Crippen molar-refractivity contribution >= 4 is 16.8 Å². The highest BCUT2D eigenvalue weighted by molar-refractivity contribution is 5.94. The van der Waals surface area contributed by atoms with Crippen LogP contribution in [-0.4, -0.2) is 15.9 Å². The van der Waals surface area contributed by atoms with E-state index >= 15 is 0 Å². The standard InChI is InChI=1S/C18H16FN3O/c19-12-4-5-15-14(10-12)13-2-1-3-16(17(13)21-15)22-18(23)11-6-8-20-9-7-11/h4-10,16,21H,1-3H2,(H,22,23)/t16-/m0/s1. The van der Waals surface area contributed by atoms with Gasteiger partial charge in [-0.2, -0.15) is 0 Å². The van der Waals surface area contributed by atoms with E-state index in [-0.39, 0.29) is 17.8 Å². The van der Waals surface area contributed by atoms with Crippen LogP contribution in [0, 0.1) is 5.82 Å². The Labute approximate surface area is 132 Å². The van der Waals surface area contributed by atoms with Crippen molar-refractivity contribution in [1.29, 1.82) is 0 Å². The maximum absolute atomic E-state index is 13.5. The van der Waals surface area contributed by atoms with Crippen molar-refractivity contribution in [2.45, 2.75) is 25.3 Å². The van der Waals surface area contributed by atoms with Gasteiger partial charge in [-0.05, 0) is 55.2 Å². The zero-order valence-corrected chi connectivity index (χ0v) is 12.5. The molecule has 0 aliphatic heterocycles. The number of H-pyrrole nitrogens is 1. The van der Waals surface area contributed by atoms with Gasteiger partial charge in [0.2, 0.25) is 0 Å². The van der Waals surface area contributed by atoms with Crippen LogP contribution in [0.3, 0.4) is 0 Å². The molecule has 4 rings (SSSR count). The molecule has 0 radical (unpaired) electrons. The molecule has 0 bridgehead atoms. The van der Waals surface area contributed by atoms with Crippen LogP contribution in [0.4, 0.5) is 4.39 Å². The Hall–Kier alpha value is -2.69. The molecular weight excluding hydrogens is 293 g/mol. The smallest absolute Gasteiger partial charge is 0.251 e. The van der Waals surface area contributed by atoms with Crippen molar-refractivity contribution in [2.75, 3.05) is 0 Å². The number of fused-ring (bicyclic) bond motifs is 3. The average Bonchev–Trinajstić information content (AvgIpc) is 2.95. The number of carbonyl (C=O) groups excluding carboxylic acids is 1. The maximum atomic E-state index is 13.5. The monoisotopic (exact) mass is 309 g/mol. The average molecular weight is 309 g/mol. The number of aromatic amines is 1. The first-order valence-corrected chi connectivity index (χ1v) is 7.73. The van der Waals surface area contributed by atoms with Gasteiger partial charge in [-0.25, -0.2) is 4.39 Å². The van der Waals surface area contributed by atoms with Gasteiger partial charge in [0.05, 0.1) is 6.04 Å². The van der Waals surface area contributed by atoms with Crippen LogP contribution in [0.1, 0.15) is 40.5 Å². The molecule has 0 fully saturated rings. The van der Waals surface area contributed by atoms with E-state index < -0.39 is 0 Å². The van der Waals surface area contributed by atoms with Crippen molar-refractivity contribution < 1.29 is 9.18 Å². The van der Waals surface area contributed by atoms with Crippen molar-refractivity contribution in [3.8, 4) is 0 Å². The van der Waals surface area contributed by atoms with E-state index in [2.05, 4.69) is 15.3 Å². The Kier molecular flexibility index (Phi) is 3.33. The molecule has 1 aliphatic carbocycles. The number of pyridine rings is 1. The number of nitrogens with zero attached hydrogens (tertiary/aromatic N) is 1. The Morgan fingerprint density at radius 3 is 2.91 bits per heavy atom. The Morgan fingerprint density at radius 2 is 2.09 bits per heavy atom. The minimum atomic E-state index is -0.234. The summed E-state index contributed by atoms with van der Waals surface area (Å²) >= 11 is 0. The van der Waals surface area contributed by atoms with E-state index in [0.29, 0.717) is 5.56 Å². The summed E-state index contributed by atoms with van der Waals surface area (Å²) in [6.07, 6.45) is 5.96. The number of hydrogen-bond donors (Lipinski definition) is 2. The molecule has 1 amide bonds. The summed E-state index contributed by atoms with van der Waals surface area (Å²) < 4.78 is 13.5. The number of halogens is 1. The lowest BCUT2D eigenvalue weighted by Gasteiger charge is -2.23. The lowest BCUT2D eigenvalue weighted by molar-refractivity contribution is 0.0932. The molecule has 0 saturated heterocycles. The van der Waals surface area contributed by atoms with E-state index in [0.717, 1.165) is 41.4 Å². The quantitative estimate of drug-likeness (QED) is 0.761. The largest absolute Gasteiger partial charge is 0.356 e. The highest BCUT2D eigenvalue weighted by Crippen LogP contribution is 2.35. The zero-order valence-electron chi connectivity index (χ0n) is 12.5. The minimum absolute atomic E-state index is 0.0742. The number of rotatable bonds is 2. The molecule has 4 nitrogen and oxygen atoms in total. The highest BCUT2D eigenvalue weighted by atomic mass is 19.1. The summed E-state index contributed by atoms with van der Waals surface area (Å²) in [5.74, 6) is -0.350. The lowest BCUT2D eigenvalue weighted by Crippen LogP contribution is -2.31. The molecular formula is C18H16FN3O. The molecule has 23 heavy (non-hydrogen) atoms. The fraction of sp³-hybridized carbons (Fsp3) is 0.222. The number of hydrogen-bond acceptors (Lipinski definition) is 2. The predicted molar refractivity (Wildman–Crippen MR) is 85.6 cm³/mol. The van der Waals surface area contributed by atoms with Crippen LogP contribution in [0.25, 0.3) is 10.9 Å². The van der Waals surface area contributed by atoms with Gasteiger partial charge in [0.25, 0.3) is 5.91 Å². The van der Waals surface area contributed by atoms with Gasteiger partial charge >= 0.3 is 0 Å². The first kappa shape index (κ1) is 13.9. The van der Waals surface area contributed by atoms with Gasteiger partial charge in [0.15, 0.2) is 0 Å². The molecule has 1 aliphatic rings. The van der Waals surface area contributed by atoms with Crippen molar-refractivity contribution in [3.63, 3.8) is 0 Å². The molecule has 2 N–H and O–H groups in total. The summed E-state index contributed by atoms with van der Waals surface area (Å²) in [5, 5.41) is 3.99. The third-order valence-corrected chi connectivity index (χ3v) is 4.42. The molecule has 3 aromatic rings. The van der Waals surface area contributed by atoms with E-state index in [1.165, 1.54) is 6.07 Å². The molecule has 2 aromatic heterocycles. The first-order valence-electron chi connectivity index (χ1n) is 7.73. The molecule has 116 valence electrons. The number of carbonyl (C=O) groups is 1. The van der Waals surface area contributed by atoms with Crippen LogP contribution >= 0.6 is 0 Å². The van der Waals surface area contributed by atoms with E-state index in [1.807, 2.05) is 0 Å².